The van der Waals surface area contributed by atoms with Crippen LogP contribution in [0.15, 0.2) is 27.4 Å². The zero-order chi connectivity index (χ0) is 14.0. The molecule has 1 N–H and O–H groups in total. The van der Waals surface area contributed by atoms with E-state index in [9.17, 15) is 5.11 Å². The molecule has 0 radical (unpaired) electrons. The molecule has 2 aromatic rings. The third kappa shape index (κ3) is 3.24. The van der Waals surface area contributed by atoms with Crippen LogP contribution in [0.2, 0.25) is 0 Å². The lowest BCUT2D eigenvalue weighted by molar-refractivity contribution is 0.174. The first-order valence-corrected chi connectivity index (χ1v) is 7.61. The molecule has 0 aliphatic heterocycles. The maximum absolute atomic E-state index is 10.3. The van der Waals surface area contributed by atoms with Crippen LogP contribution in [0.25, 0.3) is 0 Å². The minimum Gasteiger partial charge on any atom is -0.388 e. The zero-order valence-corrected chi connectivity index (χ0v) is 13.9. The first-order chi connectivity index (χ1) is 9.02. The van der Waals surface area contributed by atoms with Crippen molar-refractivity contribution in [2.45, 2.75) is 32.9 Å². The van der Waals surface area contributed by atoms with Gasteiger partial charge in [-0.3, -0.25) is 9.67 Å². The van der Waals surface area contributed by atoms with E-state index in [0.717, 1.165) is 32.4 Å². The second kappa shape index (κ2) is 6.15. The molecule has 0 aromatic carbocycles. The van der Waals surface area contributed by atoms with E-state index in [1.54, 1.807) is 12.4 Å². The van der Waals surface area contributed by atoms with Gasteiger partial charge < -0.3 is 5.11 Å². The number of halogens is 2. The Morgan fingerprint density at radius 2 is 2.11 bits per heavy atom. The summed E-state index contributed by atoms with van der Waals surface area (Å²) in [5.41, 5.74) is 2.74. The van der Waals surface area contributed by atoms with Crippen LogP contribution in [0, 0.1) is 6.92 Å². The Balaban J connectivity index is 2.26. The van der Waals surface area contributed by atoms with Gasteiger partial charge in [0.05, 0.1) is 22.0 Å². The van der Waals surface area contributed by atoms with E-state index in [1.165, 1.54) is 0 Å². The SMILES string of the molecule is CCn1nc(C)c(Br)c1CC(O)c1cncc(Br)c1. The van der Waals surface area contributed by atoms with Crippen LogP contribution >= 0.6 is 31.9 Å². The third-order valence-corrected chi connectivity index (χ3v) is 4.42. The Bertz CT molecular complexity index is 583. The second-order valence-electron chi connectivity index (χ2n) is 4.32. The minimum atomic E-state index is -0.595. The van der Waals surface area contributed by atoms with Crippen LogP contribution in [0.3, 0.4) is 0 Å². The summed E-state index contributed by atoms with van der Waals surface area (Å²) in [6.07, 6.45) is 3.30. The Morgan fingerprint density at radius 3 is 2.74 bits per heavy atom. The van der Waals surface area contributed by atoms with Crippen molar-refractivity contribution in [3.05, 3.63) is 44.4 Å². The Labute approximate surface area is 129 Å². The quantitative estimate of drug-likeness (QED) is 0.873. The Hall–Kier alpha value is -0.720. The molecule has 1 atom stereocenters. The van der Waals surface area contributed by atoms with Gasteiger partial charge in [-0.15, -0.1) is 0 Å². The number of aromatic nitrogens is 3. The highest BCUT2D eigenvalue weighted by Crippen LogP contribution is 2.27. The molecule has 0 saturated carbocycles. The number of pyridine rings is 1. The molecule has 4 nitrogen and oxygen atoms in total. The highest BCUT2D eigenvalue weighted by molar-refractivity contribution is 9.10. The highest BCUT2D eigenvalue weighted by atomic mass is 79.9. The van der Waals surface area contributed by atoms with Crippen molar-refractivity contribution in [3.8, 4) is 0 Å². The monoisotopic (exact) mass is 387 g/mol. The predicted molar refractivity (Wildman–Crippen MR) is 80.9 cm³/mol. The van der Waals surface area contributed by atoms with Crippen molar-refractivity contribution < 1.29 is 5.11 Å². The van der Waals surface area contributed by atoms with Crippen molar-refractivity contribution in [1.29, 1.82) is 0 Å². The zero-order valence-electron chi connectivity index (χ0n) is 10.8. The number of aliphatic hydroxyl groups is 1. The number of hydrogen-bond donors (Lipinski definition) is 1. The summed E-state index contributed by atoms with van der Waals surface area (Å²) in [5.74, 6) is 0. The average molecular weight is 389 g/mol. The van der Waals surface area contributed by atoms with E-state index in [1.807, 2.05) is 24.6 Å². The molecule has 0 aliphatic rings. The Kier molecular flexibility index (Phi) is 4.76. The van der Waals surface area contributed by atoms with Gasteiger partial charge in [-0.1, -0.05) is 0 Å². The molecular formula is C13H15Br2N3O. The summed E-state index contributed by atoms with van der Waals surface area (Å²) in [4.78, 5) is 4.08. The van der Waals surface area contributed by atoms with Gasteiger partial charge in [-0.05, 0) is 51.8 Å². The van der Waals surface area contributed by atoms with Gasteiger partial charge in [0.2, 0.25) is 0 Å². The summed E-state index contributed by atoms with van der Waals surface area (Å²) >= 11 is 6.90. The van der Waals surface area contributed by atoms with Crippen molar-refractivity contribution in [3.63, 3.8) is 0 Å². The summed E-state index contributed by atoms with van der Waals surface area (Å²) in [6.45, 7) is 4.77. The minimum absolute atomic E-state index is 0.507. The maximum Gasteiger partial charge on any atom is 0.0860 e. The van der Waals surface area contributed by atoms with E-state index < -0.39 is 6.10 Å². The Morgan fingerprint density at radius 1 is 1.37 bits per heavy atom. The molecule has 0 saturated heterocycles. The summed E-state index contributed by atoms with van der Waals surface area (Å²) in [5, 5.41) is 14.8. The third-order valence-electron chi connectivity index (χ3n) is 2.95. The van der Waals surface area contributed by atoms with Crippen LogP contribution in [-0.4, -0.2) is 19.9 Å². The molecule has 0 aliphatic carbocycles. The van der Waals surface area contributed by atoms with Gasteiger partial charge in [0.25, 0.3) is 0 Å². The van der Waals surface area contributed by atoms with Gasteiger partial charge in [-0.25, -0.2) is 0 Å². The van der Waals surface area contributed by atoms with Crippen LogP contribution < -0.4 is 0 Å². The number of hydrogen-bond acceptors (Lipinski definition) is 3. The first kappa shape index (κ1) is 14.7. The molecule has 0 amide bonds. The average Bonchev–Trinajstić information content (AvgIpc) is 2.66. The first-order valence-electron chi connectivity index (χ1n) is 6.03. The van der Waals surface area contributed by atoms with Gasteiger partial charge >= 0.3 is 0 Å². The van der Waals surface area contributed by atoms with E-state index in [-0.39, 0.29) is 0 Å². The molecule has 2 rings (SSSR count). The molecule has 0 bridgehead atoms. The van der Waals surface area contributed by atoms with E-state index in [0.29, 0.717) is 6.42 Å². The molecule has 2 heterocycles. The molecular weight excluding hydrogens is 374 g/mol. The van der Waals surface area contributed by atoms with Crippen LogP contribution in [-0.2, 0) is 13.0 Å². The lowest BCUT2D eigenvalue weighted by Gasteiger charge is -2.12. The summed E-state index contributed by atoms with van der Waals surface area (Å²) in [6, 6.07) is 1.88. The fraction of sp³-hybridized carbons (Fsp3) is 0.385. The number of aryl methyl sites for hydroxylation is 2. The lowest BCUT2D eigenvalue weighted by Crippen LogP contribution is -2.09. The van der Waals surface area contributed by atoms with E-state index in [4.69, 9.17) is 0 Å². The largest absolute Gasteiger partial charge is 0.388 e. The van der Waals surface area contributed by atoms with Gasteiger partial charge in [0.15, 0.2) is 0 Å². The normalized spacial score (nSPS) is 12.7. The molecule has 102 valence electrons. The molecule has 1 unspecified atom stereocenters. The number of nitrogens with zero attached hydrogens (tertiary/aromatic N) is 3. The highest BCUT2D eigenvalue weighted by Gasteiger charge is 2.17. The number of rotatable bonds is 4. The smallest absolute Gasteiger partial charge is 0.0860 e. The van der Waals surface area contributed by atoms with Crippen molar-refractivity contribution in [2.24, 2.45) is 0 Å². The van der Waals surface area contributed by atoms with Crippen molar-refractivity contribution in [2.75, 3.05) is 0 Å². The lowest BCUT2D eigenvalue weighted by atomic mass is 10.1. The standard InChI is InChI=1S/C13H15Br2N3O/c1-3-18-11(13(15)8(2)17-18)5-12(19)9-4-10(14)7-16-6-9/h4,6-7,12,19H,3,5H2,1-2H3. The second-order valence-corrected chi connectivity index (χ2v) is 6.03. The molecule has 2 aromatic heterocycles. The van der Waals surface area contributed by atoms with E-state index in [2.05, 4.69) is 41.9 Å². The number of aliphatic hydroxyl groups excluding tert-OH is 1. The van der Waals surface area contributed by atoms with Crippen LogP contribution in [0.1, 0.15) is 30.0 Å². The molecule has 0 fully saturated rings. The molecule has 0 spiro atoms. The summed E-state index contributed by atoms with van der Waals surface area (Å²) < 4.78 is 3.74. The fourth-order valence-electron chi connectivity index (χ4n) is 1.98. The van der Waals surface area contributed by atoms with Gasteiger partial charge in [-0.2, -0.15) is 5.10 Å². The van der Waals surface area contributed by atoms with E-state index >= 15 is 0 Å². The van der Waals surface area contributed by atoms with Gasteiger partial charge in [0, 0.05) is 35.4 Å². The molecule has 19 heavy (non-hydrogen) atoms. The van der Waals surface area contributed by atoms with Crippen molar-refractivity contribution >= 4 is 31.9 Å². The van der Waals surface area contributed by atoms with Gasteiger partial charge in [0.1, 0.15) is 0 Å². The van der Waals surface area contributed by atoms with Crippen LogP contribution in [0.5, 0.6) is 0 Å². The fourth-order valence-corrected chi connectivity index (χ4v) is 2.80. The van der Waals surface area contributed by atoms with Crippen molar-refractivity contribution in [1.82, 2.24) is 14.8 Å². The van der Waals surface area contributed by atoms with Crippen LogP contribution in [0.4, 0.5) is 0 Å². The summed E-state index contributed by atoms with van der Waals surface area (Å²) in [7, 11) is 0. The topological polar surface area (TPSA) is 50.9 Å². The predicted octanol–water partition coefficient (Wildman–Crippen LogP) is 3.41. The maximum atomic E-state index is 10.3. The molecule has 6 heteroatoms.